The Balaban J connectivity index is 1.72. The van der Waals surface area contributed by atoms with Gasteiger partial charge in [0.2, 0.25) is 0 Å². The summed E-state index contributed by atoms with van der Waals surface area (Å²) in [6.45, 7) is 1.23. The van der Waals surface area contributed by atoms with E-state index in [0.29, 0.717) is 13.0 Å². The monoisotopic (exact) mass is 404 g/mol. The van der Waals surface area contributed by atoms with Gasteiger partial charge < -0.3 is 9.84 Å². The van der Waals surface area contributed by atoms with Crippen molar-refractivity contribution in [1.29, 1.82) is 0 Å². The highest BCUT2D eigenvalue weighted by Gasteiger charge is 2.41. The molecular weight excluding hydrogens is 376 g/mol. The molecule has 5 nitrogen and oxygen atoms in total. The van der Waals surface area contributed by atoms with Gasteiger partial charge in [0.25, 0.3) is 0 Å². The number of benzene rings is 1. The van der Waals surface area contributed by atoms with E-state index in [1.807, 2.05) is 30.5 Å². The lowest BCUT2D eigenvalue weighted by Gasteiger charge is -2.42. The molecule has 0 radical (unpaired) electrons. The SMILES string of the molecule is C#CCC1[C@H](C(=O)O)[C@H](CCCc2ccnc3ccc(OC)cc23)CCN1CC#C. The number of likely N-dealkylation sites (tertiary alicyclic amines) is 1. The van der Waals surface area contributed by atoms with Gasteiger partial charge in [-0.1, -0.05) is 5.92 Å². The number of carbonyl (C=O) groups is 1. The van der Waals surface area contributed by atoms with E-state index < -0.39 is 11.9 Å². The van der Waals surface area contributed by atoms with E-state index in [0.717, 1.165) is 48.9 Å². The average molecular weight is 405 g/mol. The van der Waals surface area contributed by atoms with Crippen molar-refractivity contribution in [1.82, 2.24) is 9.88 Å². The number of aromatic nitrogens is 1. The minimum Gasteiger partial charge on any atom is -0.497 e. The second-order valence-corrected chi connectivity index (χ2v) is 7.81. The number of ether oxygens (including phenoxy) is 1. The van der Waals surface area contributed by atoms with Crippen molar-refractivity contribution in [2.45, 2.75) is 38.1 Å². The molecule has 1 aromatic heterocycles. The lowest BCUT2D eigenvalue weighted by atomic mass is 9.75. The Morgan fingerprint density at radius 3 is 2.87 bits per heavy atom. The van der Waals surface area contributed by atoms with Crippen LogP contribution in [0.25, 0.3) is 10.9 Å². The summed E-state index contributed by atoms with van der Waals surface area (Å²) in [4.78, 5) is 18.6. The van der Waals surface area contributed by atoms with Crippen LogP contribution in [0.3, 0.4) is 0 Å². The zero-order valence-corrected chi connectivity index (χ0v) is 17.4. The summed E-state index contributed by atoms with van der Waals surface area (Å²) >= 11 is 0. The number of aliphatic carboxylic acids is 1. The summed E-state index contributed by atoms with van der Waals surface area (Å²) in [6, 6.07) is 7.72. The summed E-state index contributed by atoms with van der Waals surface area (Å²) < 4.78 is 5.35. The van der Waals surface area contributed by atoms with Gasteiger partial charge in [0, 0.05) is 24.0 Å². The van der Waals surface area contributed by atoms with Gasteiger partial charge in [-0.15, -0.1) is 18.8 Å². The van der Waals surface area contributed by atoms with Crippen LogP contribution in [0, 0.1) is 36.5 Å². The number of terminal acetylenes is 2. The molecule has 0 amide bonds. The molecule has 0 bridgehead atoms. The maximum absolute atomic E-state index is 12.1. The normalized spacial score (nSPS) is 21.6. The number of rotatable bonds is 8. The number of hydrogen-bond acceptors (Lipinski definition) is 4. The van der Waals surface area contributed by atoms with Gasteiger partial charge in [0.15, 0.2) is 0 Å². The standard InChI is InChI=1S/C25H28N2O3/c1-4-7-23-24(25(28)29)19(13-16-27(23)15-5-2)9-6-8-18-12-14-26-22-11-10-20(30-3)17-21(18)22/h1-2,10-12,14,17,19,23-24H,6-9,13,15-16H2,3H3,(H,28,29)/t19-,23?,24-/m1/s1. The topological polar surface area (TPSA) is 62.7 Å². The predicted octanol–water partition coefficient (Wildman–Crippen LogP) is 3.61. The lowest BCUT2D eigenvalue weighted by Crippen LogP contribution is -2.51. The number of carboxylic acid groups (broad SMARTS) is 1. The minimum absolute atomic E-state index is 0.0949. The first-order valence-corrected chi connectivity index (χ1v) is 10.3. The minimum atomic E-state index is -0.777. The molecule has 0 spiro atoms. The highest BCUT2D eigenvalue weighted by atomic mass is 16.5. The molecule has 0 aliphatic carbocycles. The first kappa shape index (κ1) is 21.7. The van der Waals surface area contributed by atoms with Gasteiger partial charge in [-0.2, -0.15) is 0 Å². The van der Waals surface area contributed by atoms with Crippen molar-refractivity contribution in [2.24, 2.45) is 11.8 Å². The van der Waals surface area contributed by atoms with Crippen molar-refractivity contribution in [3.05, 3.63) is 36.0 Å². The largest absolute Gasteiger partial charge is 0.497 e. The molecule has 1 N–H and O–H groups in total. The molecule has 2 heterocycles. The Hall–Kier alpha value is -3.02. The predicted molar refractivity (Wildman–Crippen MR) is 118 cm³/mol. The number of nitrogens with zero attached hydrogens (tertiary/aromatic N) is 2. The first-order chi connectivity index (χ1) is 14.6. The van der Waals surface area contributed by atoms with Gasteiger partial charge in [0.1, 0.15) is 5.75 Å². The molecule has 1 fully saturated rings. The molecule has 3 rings (SSSR count). The van der Waals surface area contributed by atoms with Crippen molar-refractivity contribution >= 4 is 16.9 Å². The molecular formula is C25H28N2O3. The van der Waals surface area contributed by atoms with Crippen LogP contribution in [-0.2, 0) is 11.2 Å². The summed E-state index contributed by atoms with van der Waals surface area (Å²) in [5.41, 5.74) is 2.14. The Bertz CT molecular complexity index is 972. The fourth-order valence-electron chi connectivity index (χ4n) is 4.68. The maximum atomic E-state index is 12.1. The smallest absolute Gasteiger partial charge is 0.308 e. The number of pyridine rings is 1. The van der Waals surface area contributed by atoms with Crippen molar-refractivity contribution in [2.75, 3.05) is 20.2 Å². The van der Waals surface area contributed by atoms with E-state index >= 15 is 0 Å². The number of methoxy groups -OCH3 is 1. The van der Waals surface area contributed by atoms with Crippen LogP contribution >= 0.6 is 0 Å². The second-order valence-electron chi connectivity index (χ2n) is 7.81. The van der Waals surface area contributed by atoms with Gasteiger partial charge in [0.05, 0.1) is 25.1 Å². The number of aryl methyl sites for hydroxylation is 1. The van der Waals surface area contributed by atoms with Crippen molar-refractivity contribution in [3.63, 3.8) is 0 Å². The molecule has 30 heavy (non-hydrogen) atoms. The molecule has 3 atom stereocenters. The lowest BCUT2D eigenvalue weighted by molar-refractivity contribution is -0.149. The van der Waals surface area contributed by atoms with E-state index in [2.05, 4.69) is 21.7 Å². The molecule has 5 heteroatoms. The molecule has 1 unspecified atom stereocenters. The number of fused-ring (bicyclic) bond motifs is 1. The third-order valence-corrected chi connectivity index (χ3v) is 6.15. The van der Waals surface area contributed by atoms with E-state index in [-0.39, 0.29) is 12.0 Å². The fourth-order valence-corrected chi connectivity index (χ4v) is 4.68. The van der Waals surface area contributed by atoms with Crippen LogP contribution in [0.15, 0.2) is 30.5 Å². The summed E-state index contributed by atoms with van der Waals surface area (Å²) in [5, 5.41) is 11.0. The van der Waals surface area contributed by atoms with Crippen molar-refractivity contribution < 1.29 is 14.6 Å². The molecule has 1 aromatic carbocycles. The molecule has 0 saturated carbocycles. The van der Waals surface area contributed by atoms with Crippen molar-refractivity contribution in [3.8, 4) is 30.4 Å². The highest BCUT2D eigenvalue weighted by Crippen LogP contribution is 2.35. The Morgan fingerprint density at radius 2 is 2.17 bits per heavy atom. The van der Waals surface area contributed by atoms with E-state index in [4.69, 9.17) is 17.6 Å². The van der Waals surface area contributed by atoms with Crippen LogP contribution < -0.4 is 4.74 Å². The molecule has 2 aromatic rings. The van der Waals surface area contributed by atoms with Gasteiger partial charge >= 0.3 is 5.97 Å². The summed E-state index contributed by atoms with van der Waals surface area (Å²) in [6.07, 6.45) is 16.7. The molecule has 156 valence electrons. The second kappa shape index (κ2) is 10.1. The van der Waals surface area contributed by atoms with E-state index in [1.165, 1.54) is 5.56 Å². The van der Waals surface area contributed by atoms with Crippen LogP contribution in [0.2, 0.25) is 0 Å². The zero-order valence-electron chi connectivity index (χ0n) is 17.4. The summed E-state index contributed by atoms with van der Waals surface area (Å²) in [7, 11) is 1.66. The van der Waals surface area contributed by atoms with Gasteiger partial charge in [-0.3, -0.25) is 14.7 Å². The highest BCUT2D eigenvalue weighted by molar-refractivity contribution is 5.83. The third kappa shape index (κ3) is 4.75. The van der Waals surface area contributed by atoms with Crippen LogP contribution in [-0.4, -0.2) is 47.2 Å². The first-order valence-electron chi connectivity index (χ1n) is 10.3. The number of carboxylic acids is 1. The molecule has 1 aliphatic rings. The average Bonchev–Trinajstić information content (AvgIpc) is 2.75. The van der Waals surface area contributed by atoms with E-state index in [9.17, 15) is 9.90 Å². The van der Waals surface area contributed by atoms with Crippen LogP contribution in [0.4, 0.5) is 0 Å². The van der Waals surface area contributed by atoms with E-state index in [1.54, 1.807) is 7.11 Å². The van der Waals surface area contributed by atoms with Crippen LogP contribution in [0.1, 0.15) is 31.2 Å². The third-order valence-electron chi connectivity index (χ3n) is 6.15. The van der Waals surface area contributed by atoms with Gasteiger partial charge in [-0.25, -0.2) is 0 Å². The zero-order chi connectivity index (χ0) is 21.5. The quantitative estimate of drug-likeness (QED) is 0.681. The molecule has 1 aliphatic heterocycles. The maximum Gasteiger partial charge on any atom is 0.308 e. The van der Waals surface area contributed by atoms with Crippen LogP contribution in [0.5, 0.6) is 5.75 Å². The number of hydrogen-bond donors (Lipinski definition) is 1. The summed E-state index contributed by atoms with van der Waals surface area (Å²) in [5.74, 6) is 4.93. The Kier molecular flexibility index (Phi) is 7.33. The fraction of sp³-hybridized carbons (Fsp3) is 0.440. The Morgan fingerprint density at radius 1 is 1.33 bits per heavy atom. The number of piperidine rings is 1. The van der Waals surface area contributed by atoms with Gasteiger partial charge in [-0.05, 0) is 68.0 Å². The Labute approximate surface area is 178 Å². The molecule has 1 saturated heterocycles.